The molecule has 2 atom stereocenters. The Kier molecular flexibility index (Phi) is 9.51. The van der Waals surface area contributed by atoms with Crippen LogP contribution < -0.4 is 10.2 Å². The first kappa shape index (κ1) is 30.3. The second-order valence-corrected chi connectivity index (χ2v) is 12.5. The molecule has 1 heterocycles. The SMILES string of the molecule is CC(C)(C)OC(=O)C(CCc1ccccc1)CC1(C(=O)NC2CCc3ccccc3N(CC(=O)O)C2=O)CCCC1. The molecule has 0 saturated heterocycles. The zero-order chi connectivity index (χ0) is 29.6. The number of nitrogens with one attached hydrogen (secondary N) is 1. The molecular formula is C33H42N2O6. The highest BCUT2D eigenvalue weighted by Crippen LogP contribution is 2.45. The molecule has 0 bridgehead atoms. The second-order valence-electron chi connectivity index (χ2n) is 12.5. The van der Waals surface area contributed by atoms with Gasteiger partial charge < -0.3 is 15.2 Å². The number of aliphatic carboxylic acids is 1. The summed E-state index contributed by atoms with van der Waals surface area (Å²) in [6.07, 6.45) is 5.48. The number of ether oxygens (including phenoxy) is 1. The van der Waals surface area contributed by atoms with Crippen molar-refractivity contribution in [2.45, 2.75) is 90.2 Å². The maximum atomic E-state index is 14.1. The van der Waals surface area contributed by atoms with E-state index in [4.69, 9.17) is 4.74 Å². The Bertz CT molecular complexity index is 1250. The minimum atomic E-state index is -1.12. The van der Waals surface area contributed by atoms with Gasteiger partial charge in [0.1, 0.15) is 18.2 Å². The summed E-state index contributed by atoms with van der Waals surface area (Å²) in [4.78, 5) is 54.0. The van der Waals surface area contributed by atoms with Crippen LogP contribution in [-0.2, 0) is 36.8 Å². The van der Waals surface area contributed by atoms with Gasteiger partial charge in [-0.05, 0) is 82.9 Å². The van der Waals surface area contributed by atoms with Gasteiger partial charge in [0.15, 0.2) is 0 Å². The van der Waals surface area contributed by atoms with Crippen molar-refractivity contribution in [1.82, 2.24) is 5.32 Å². The molecule has 0 radical (unpaired) electrons. The molecule has 0 aromatic heterocycles. The van der Waals surface area contributed by atoms with Crippen LogP contribution in [0.25, 0.3) is 0 Å². The number of esters is 1. The lowest BCUT2D eigenvalue weighted by atomic mass is 9.75. The number of benzene rings is 2. The fourth-order valence-corrected chi connectivity index (χ4v) is 6.18. The number of hydrogen-bond acceptors (Lipinski definition) is 5. The van der Waals surface area contributed by atoms with Crippen molar-refractivity contribution >= 4 is 29.4 Å². The predicted octanol–water partition coefficient (Wildman–Crippen LogP) is 5.08. The van der Waals surface area contributed by atoms with Gasteiger partial charge in [-0.1, -0.05) is 61.4 Å². The maximum absolute atomic E-state index is 14.1. The van der Waals surface area contributed by atoms with Crippen molar-refractivity contribution < 1.29 is 29.0 Å². The third-order valence-corrected chi connectivity index (χ3v) is 8.19. The number of amides is 2. The Balaban J connectivity index is 1.55. The number of carboxylic acid groups (broad SMARTS) is 1. The van der Waals surface area contributed by atoms with Gasteiger partial charge in [-0.15, -0.1) is 0 Å². The van der Waals surface area contributed by atoms with Crippen molar-refractivity contribution in [3.8, 4) is 0 Å². The lowest BCUT2D eigenvalue weighted by Crippen LogP contribution is -2.53. The van der Waals surface area contributed by atoms with Gasteiger partial charge in [-0.25, -0.2) is 0 Å². The minimum Gasteiger partial charge on any atom is -0.480 e. The van der Waals surface area contributed by atoms with Crippen molar-refractivity contribution in [2.75, 3.05) is 11.4 Å². The van der Waals surface area contributed by atoms with Crippen LogP contribution >= 0.6 is 0 Å². The predicted molar refractivity (Wildman–Crippen MR) is 156 cm³/mol. The number of carboxylic acids is 1. The van der Waals surface area contributed by atoms with Crippen molar-refractivity contribution in [3.05, 3.63) is 65.7 Å². The van der Waals surface area contributed by atoms with Crippen LogP contribution in [0.1, 0.15) is 76.8 Å². The molecule has 8 heteroatoms. The van der Waals surface area contributed by atoms with Gasteiger partial charge in [0.25, 0.3) is 0 Å². The lowest BCUT2D eigenvalue weighted by Gasteiger charge is -2.34. The number of rotatable bonds is 10. The summed E-state index contributed by atoms with van der Waals surface area (Å²) in [5.74, 6) is -2.56. The molecule has 2 amide bonds. The van der Waals surface area contributed by atoms with Gasteiger partial charge in [0.2, 0.25) is 11.8 Å². The number of hydrogen-bond donors (Lipinski definition) is 2. The normalized spacial score (nSPS) is 19.1. The third-order valence-electron chi connectivity index (χ3n) is 8.19. The van der Waals surface area contributed by atoms with E-state index in [1.165, 1.54) is 4.90 Å². The molecule has 2 aromatic rings. The Labute approximate surface area is 242 Å². The molecule has 1 fully saturated rings. The summed E-state index contributed by atoms with van der Waals surface area (Å²) in [5.41, 5.74) is 1.12. The van der Waals surface area contributed by atoms with E-state index >= 15 is 0 Å². The molecule has 2 N–H and O–H groups in total. The Hall–Kier alpha value is -3.68. The first-order valence-electron chi connectivity index (χ1n) is 14.7. The van der Waals surface area contributed by atoms with Crippen LogP contribution in [0.15, 0.2) is 54.6 Å². The fourth-order valence-electron chi connectivity index (χ4n) is 6.18. The smallest absolute Gasteiger partial charge is 0.323 e. The second kappa shape index (κ2) is 12.9. The molecule has 2 unspecified atom stereocenters. The minimum absolute atomic E-state index is 0.233. The molecule has 41 heavy (non-hydrogen) atoms. The van der Waals surface area contributed by atoms with Crippen LogP contribution in [0.5, 0.6) is 0 Å². The topological polar surface area (TPSA) is 113 Å². The average molecular weight is 563 g/mol. The Morgan fingerprint density at radius 2 is 1.71 bits per heavy atom. The van der Waals surface area contributed by atoms with Crippen molar-refractivity contribution in [1.29, 1.82) is 0 Å². The number of carbonyl (C=O) groups excluding carboxylic acids is 3. The number of fused-ring (bicyclic) bond motifs is 1. The maximum Gasteiger partial charge on any atom is 0.323 e. The van der Waals surface area contributed by atoms with Crippen LogP contribution in [-0.4, -0.2) is 47.0 Å². The zero-order valence-corrected chi connectivity index (χ0v) is 24.4. The highest BCUT2D eigenvalue weighted by molar-refractivity contribution is 6.03. The van der Waals surface area contributed by atoms with Gasteiger partial charge in [0, 0.05) is 5.69 Å². The molecule has 2 aliphatic rings. The monoisotopic (exact) mass is 562 g/mol. The van der Waals surface area contributed by atoms with Crippen molar-refractivity contribution in [3.63, 3.8) is 0 Å². The first-order valence-corrected chi connectivity index (χ1v) is 14.7. The van der Waals surface area contributed by atoms with E-state index in [-0.39, 0.29) is 11.9 Å². The summed E-state index contributed by atoms with van der Waals surface area (Å²) in [6.45, 7) is 5.05. The molecule has 2 aromatic carbocycles. The van der Waals surface area contributed by atoms with E-state index in [9.17, 15) is 24.3 Å². The molecule has 1 saturated carbocycles. The summed E-state index contributed by atoms with van der Waals surface area (Å²) in [5, 5.41) is 12.5. The van der Waals surface area contributed by atoms with Crippen LogP contribution in [0.3, 0.4) is 0 Å². The Morgan fingerprint density at radius 3 is 2.37 bits per heavy atom. The first-order chi connectivity index (χ1) is 19.5. The molecule has 8 nitrogen and oxygen atoms in total. The average Bonchev–Trinajstić information content (AvgIpc) is 3.36. The number of para-hydroxylation sites is 1. The fraction of sp³-hybridized carbons (Fsp3) is 0.515. The molecule has 1 aliphatic carbocycles. The number of carbonyl (C=O) groups is 4. The molecule has 1 aliphatic heterocycles. The number of aryl methyl sites for hydroxylation is 2. The van der Waals surface area contributed by atoms with E-state index in [2.05, 4.69) is 5.32 Å². The summed E-state index contributed by atoms with van der Waals surface area (Å²) in [7, 11) is 0. The van der Waals surface area contributed by atoms with Crippen LogP contribution in [0.2, 0.25) is 0 Å². The van der Waals surface area contributed by atoms with Crippen LogP contribution in [0, 0.1) is 11.3 Å². The van der Waals surface area contributed by atoms with Gasteiger partial charge in [-0.2, -0.15) is 0 Å². The number of anilines is 1. The summed E-state index contributed by atoms with van der Waals surface area (Å²) >= 11 is 0. The Morgan fingerprint density at radius 1 is 1.05 bits per heavy atom. The summed E-state index contributed by atoms with van der Waals surface area (Å²) in [6, 6.07) is 16.4. The van der Waals surface area contributed by atoms with E-state index in [0.29, 0.717) is 50.6 Å². The third kappa shape index (κ3) is 7.75. The van der Waals surface area contributed by atoms with E-state index in [0.717, 1.165) is 24.0 Å². The van der Waals surface area contributed by atoms with E-state index in [1.54, 1.807) is 12.1 Å². The van der Waals surface area contributed by atoms with Gasteiger partial charge in [-0.3, -0.25) is 24.1 Å². The highest BCUT2D eigenvalue weighted by atomic mass is 16.6. The van der Waals surface area contributed by atoms with E-state index < -0.39 is 41.4 Å². The molecule has 0 spiro atoms. The van der Waals surface area contributed by atoms with Gasteiger partial charge >= 0.3 is 11.9 Å². The number of nitrogens with zero attached hydrogens (tertiary/aromatic N) is 1. The molecule has 4 rings (SSSR count). The van der Waals surface area contributed by atoms with E-state index in [1.807, 2.05) is 63.2 Å². The summed E-state index contributed by atoms with van der Waals surface area (Å²) < 4.78 is 5.81. The largest absolute Gasteiger partial charge is 0.480 e. The van der Waals surface area contributed by atoms with Gasteiger partial charge in [0.05, 0.1) is 11.3 Å². The quantitative estimate of drug-likeness (QED) is 0.391. The lowest BCUT2D eigenvalue weighted by molar-refractivity contribution is -0.162. The molecule has 220 valence electrons. The zero-order valence-electron chi connectivity index (χ0n) is 24.4. The highest BCUT2D eigenvalue weighted by Gasteiger charge is 2.46. The standard InChI is InChI=1S/C33H42N2O6/c1-32(2,3)41-30(39)25(16-15-23-11-5-4-6-12-23)21-33(19-9-10-20-33)31(40)34-26-18-17-24-13-7-8-14-27(24)35(29(26)38)22-28(36)37/h4-8,11-14,25-26H,9-10,15-22H2,1-3H3,(H,34,40)(H,36,37). The van der Waals surface area contributed by atoms with Crippen molar-refractivity contribution in [2.24, 2.45) is 11.3 Å². The molecular weight excluding hydrogens is 520 g/mol. The van der Waals surface area contributed by atoms with Crippen LogP contribution in [0.4, 0.5) is 5.69 Å².